The Bertz CT molecular complexity index is 796. The van der Waals surface area contributed by atoms with Crippen LogP contribution in [0.5, 0.6) is 11.5 Å². The van der Waals surface area contributed by atoms with Crippen molar-refractivity contribution < 1.29 is 14.3 Å². The van der Waals surface area contributed by atoms with Crippen molar-refractivity contribution in [2.24, 2.45) is 0 Å². The molecule has 1 atom stereocenters. The molecule has 0 bridgehead atoms. The van der Waals surface area contributed by atoms with E-state index in [0.29, 0.717) is 36.4 Å². The van der Waals surface area contributed by atoms with E-state index in [4.69, 9.17) is 9.47 Å². The summed E-state index contributed by atoms with van der Waals surface area (Å²) in [7, 11) is 0. The van der Waals surface area contributed by atoms with Crippen molar-refractivity contribution in [1.29, 1.82) is 0 Å². The maximum atomic E-state index is 12.9. The van der Waals surface area contributed by atoms with E-state index >= 15 is 0 Å². The van der Waals surface area contributed by atoms with Crippen LogP contribution in [0.25, 0.3) is 0 Å². The number of anilines is 2. The van der Waals surface area contributed by atoms with E-state index in [1.807, 2.05) is 53.1 Å². The summed E-state index contributed by atoms with van der Waals surface area (Å²) < 4.78 is 11.1. The first-order valence-corrected chi connectivity index (χ1v) is 9.36. The molecule has 0 radical (unpaired) electrons. The molecule has 4 rings (SSSR count). The third kappa shape index (κ3) is 3.26. The minimum absolute atomic E-state index is 0.122. The van der Waals surface area contributed by atoms with Crippen molar-refractivity contribution in [2.45, 2.75) is 23.5 Å². The molecule has 0 fully saturated rings. The number of hydrogen-bond acceptors (Lipinski definition) is 4. The fraction of sp³-hybridized carbons (Fsp3) is 0.316. The largest absolute Gasteiger partial charge is 0.486 e. The fourth-order valence-electron chi connectivity index (χ4n) is 3.02. The number of nitrogens with zero attached hydrogens (tertiary/aromatic N) is 1. The molecule has 2 aromatic carbocycles. The summed E-state index contributed by atoms with van der Waals surface area (Å²) in [5.41, 5.74) is 1.67. The Hall–Kier alpha value is -2.34. The van der Waals surface area contributed by atoms with Crippen molar-refractivity contribution in [3.05, 3.63) is 42.5 Å². The van der Waals surface area contributed by atoms with E-state index in [0.717, 1.165) is 22.8 Å². The maximum Gasteiger partial charge on any atom is 0.326 e. The second-order valence-electron chi connectivity index (χ2n) is 6.02. The number of para-hydroxylation sites is 1. The average Bonchev–Trinajstić information content (AvgIpc) is 2.67. The molecule has 1 N–H and O–H groups in total. The molecule has 130 valence electrons. The molecule has 0 aromatic heterocycles. The Kier molecular flexibility index (Phi) is 4.44. The number of ether oxygens (including phenoxy) is 2. The van der Waals surface area contributed by atoms with E-state index in [2.05, 4.69) is 18.3 Å². The maximum absolute atomic E-state index is 12.9. The quantitative estimate of drug-likeness (QED) is 0.867. The minimum Gasteiger partial charge on any atom is -0.486 e. The average molecular weight is 356 g/mol. The molecule has 2 aliphatic heterocycles. The van der Waals surface area contributed by atoms with Crippen LogP contribution in [0.2, 0.25) is 0 Å². The van der Waals surface area contributed by atoms with Crippen LogP contribution in [-0.2, 0) is 0 Å². The highest BCUT2D eigenvalue weighted by Crippen LogP contribution is 2.40. The zero-order valence-corrected chi connectivity index (χ0v) is 14.8. The number of fused-ring (bicyclic) bond motifs is 2. The summed E-state index contributed by atoms with van der Waals surface area (Å²) in [6.07, 6.45) is 1.02. The van der Waals surface area contributed by atoms with E-state index in [-0.39, 0.29) is 6.03 Å². The van der Waals surface area contributed by atoms with Crippen LogP contribution in [0, 0.1) is 0 Å². The number of carbonyl (C=O) groups is 1. The monoisotopic (exact) mass is 356 g/mol. The van der Waals surface area contributed by atoms with Gasteiger partial charge in [0.15, 0.2) is 11.5 Å². The van der Waals surface area contributed by atoms with Gasteiger partial charge in [-0.2, -0.15) is 0 Å². The van der Waals surface area contributed by atoms with Gasteiger partial charge < -0.3 is 14.8 Å². The van der Waals surface area contributed by atoms with E-state index in [9.17, 15) is 4.79 Å². The number of amides is 2. The lowest BCUT2D eigenvalue weighted by Crippen LogP contribution is -2.41. The third-order valence-electron chi connectivity index (χ3n) is 4.33. The van der Waals surface area contributed by atoms with E-state index in [1.165, 1.54) is 0 Å². The van der Waals surface area contributed by atoms with Gasteiger partial charge in [0, 0.05) is 28.4 Å². The fourth-order valence-corrected chi connectivity index (χ4v) is 4.22. The lowest BCUT2D eigenvalue weighted by Gasteiger charge is -2.33. The Morgan fingerprint density at radius 2 is 2.00 bits per heavy atom. The van der Waals surface area contributed by atoms with Crippen LogP contribution in [0.1, 0.15) is 13.3 Å². The van der Waals surface area contributed by atoms with Crippen LogP contribution in [0.4, 0.5) is 16.2 Å². The first-order valence-electron chi connectivity index (χ1n) is 8.48. The predicted molar refractivity (Wildman–Crippen MR) is 100 cm³/mol. The van der Waals surface area contributed by atoms with Gasteiger partial charge in [-0.05, 0) is 30.7 Å². The van der Waals surface area contributed by atoms with Crippen molar-refractivity contribution in [3.63, 3.8) is 0 Å². The molecule has 0 saturated carbocycles. The summed E-state index contributed by atoms with van der Waals surface area (Å²) >= 11 is 1.84. The number of hydrogen-bond donors (Lipinski definition) is 1. The second-order valence-corrected chi connectivity index (χ2v) is 7.36. The standard InChI is InChI=1S/C19H20N2O3S/c1-2-14-12-21(15-5-3-4-6-18(15)25-14)19(22)20-13-7-8-16-17(11-13)24-10-9-23-16/h3-8,11,14H,2,9-10,12H2,1H3,(H,20,22). The van der Waals surface area contributed by atoms with Crippen LogP contribution in [0.15, 0.2) is 47.4 Å². The molecule has 2 amide bonds. The third-order valence-corrected chi connectivity index (χ3v) is 5.74. The highest BCUT2D eigenvalue weighted by molar-refractivity contribution is 8.00. The van der Waals surface area contributed by atoms with Crippen molar-refractivity contribution in [3.8, 4) is 11.5 Å². The van der Waals surface area contributed by atoms with E-state index < -0.39 is 0 Å². The summed E-state index contributed by atoms with van der Waals surface area (Å²) in [5.74, 6) is 1.39. The van der Waals surface area contributed by atoms with Gasteiger partial charge in [-0.3, -0.25) is 4.90 Å². The lowest BCUT2D eigenvalue weighted by molar-refractivity contribution is 0.171. The molecule has 0 spiro atoms. The number of carbonyl (C=O) groups excluding carboxylic acids is 1. The molecule has 6 heteroatoms. The van der Waals surface area contributed by atoms with Crippen LogP contribution >= 0.6 is 11.8 Å². The van der Waals surface area contributed by atoms with Gasteiger partial charge in [0.2, 0.25) is 0 Å². The van der Waals surface area contributed by atoms with Crippen LogP contribution in [0.3, 0.4) is 0 Å². The molecule has 2 aromatic rings. The molecule has 25 heavy (non-hydrogen) atoms. The topological polar surface area (TPSA) is 50.8 Å². The van der Waals surface area contributed by atoms with Crippen molar-refractivity contribution in [1.82, 2.24) is 0 Å². The van der Waals surface area contributed by atoms with Gasteiger partial charge in [-0.15, -0.1) is 11.8 Å². The zero-order valence-electron chi connectivity index (χ0n) is 14.0. The van der Waals surface area contributed by atoms with Gasteiger partial charge in [-0.1, -0.05) is 19.1 Å². The van der Waals surface area contributed by atoms with Crippen molar-refractivity contribution in [2.75, 3.05) is 30.0 Å². The zero-order chi connectivity index (χ0) is 17.2. The molecule has 5 nitrogen and oxygen atoms in total. The Morgan fingerprint density at radius 1 is 1.20 bits per heavy atom. The number of nitrogens with one attached hydrogen (secondary N) is 1. The van der Waals surface area contributed by atoms with E-state index in [1.54, 1.807) is 0 Å². The highest BCUT2D eigenvalue weighted by Gasteiger charge is 2.28. The number of rotatable bonds is 2. The molecule has 1 unspecified atom stereocenters. The Labute approximate surface area is 151 Å². The molecular weight excluding hydrogens is 336 g/mol. The smallest absolute Gasteiger partial charge is 0.326 e. The number of benzene rings is 2. The summed E-state index contributed by atoms with van der Waals surface area (Å²) in [6, 6.07) is 13.4. The summed E-state index contributed by atoms with van der Waals surface area (Å²) in [4.78, 5) is 15.9. The van der Waals surface area contributed by atoms with Gasteiger partial charge in [0.1, 0.15) is 13.2 Å². The molecule has 0 aliphatic carbocycles. The van der Waals surface area contributed by atoms with Gasteiger partial charge >= 0.3 is 6.03 Å². The normalized spacial score (nSPS) is 18.4. The first-order chi connectivity index (χ1) is 12.2. The number of urea groups is 1. The SMILES string of the molecule is CCC1CN(C(=O)Nc2ccc3c(c2)OCCO3)c2ccccc2S1. The van der Waals surface area contributed by atoms with Gasteiger partial charge in [0.05, 0.1) is 5.69 Å². The van der Waals surface area contributed by atoms with Gasteiger partial charge in [-0.25, -0.2) is 4.79 Å². The predicted octanol–water partition coefficient (Wildman–Crippen LogP) is 4.38. The first kappa shape index (κ1) is 16.1. The van der Waals surface area contributed by atoms with Crippen molar-refractivity contribution >= 4 is 29.2 Å². The number of thioether (sulfide) groups is 1. The van der Waals surface area contributed by atoms with Crippen LogP contribution < -0.4 is 19.7 Å². The van der Waals surface area contributed by atoms with Gasteiger partial charge in [0.25, 0.3) is 0 Å². The summed E-state index contributed by atoms with van der Waals surface area (Å²) in [5, 5.41) is 3.39. The highest BCUT2D eigenvalue weighted by atomic mass is 32.2. The lowest BCUT2D eigenvalue weighted by atomic mass is 10.2. The molecular formula is C19H20N2O3S. The van der Waals surface area contributed by atoms with Crippen LogP contribution in [-0.4, -0.2) is 31.0 Å². The molecule has 2 heterocycles. The Morgan fingerprint density at radius 3 is 2.84 bits per heavy atom. The minimum atomic E-state index is -0.122. The second kappa shape index (κ2) is 6.88. The molecule has 2 aliphatic rings. The molecule has 0 saturated heterocycles. The summed E-state index contributed by atoms with van der Waals surface area (Å²) in [6.45, 7) is 3.94. The Balaban J connectivity index is 1.56.